The molecular formula is C82H147NO10. The van der Waals surface area contributed by atoms with E-state index in [0.29, 0.717) is 12.8 Å². The topological polar surface area (TPSA) is 175 Å². The molecule has 1 heterocycles. The maximum atomic E-state index is 13.5. The lowest BCUT2D eigenvalue weighted by molar-refractivity contribution is -0.305. The molecule has 540 valence electrons. The van der Waals surface area contributed by atoms with E-state index in [9.17, 15) is 35.1 Å². The summed E-state index contributed by atoms with van der Waals surface area (Å²) in [6, 6.07) is -1.03. The first kappa shape index (κ1) is 87.9. The van der Waals surface area contributed by atoms with E-state index in [1.165, 1.54) is 199 Å². The Morgan fingerprint density at radius 3 is 1.16 bits per heavy atom. The van der Waals surface area contributed by atoms with Gasteiger partial charge in [0.15, 0.2) is 12.4 Å². The molecule has 0 aromatic rings. The van der Waals surface area contributed by atoms with Gasteiger partial charge in [0.05, 0.1) is 25.4 Å². The number of hydrogen-bond acceptors (Lipinski definition) is 10. The highest BCUT2D eigenvalue weighted by Gasteiger charge is 2.47. The van der Waals surface area contributed by atoms with Gasteiger partial charge in [-0.25, -0.2) is 0 Å². The highest BCUT2D eigenvalue weighted by Crippen LogP contribution is 2.27. The first-order chi connectivity index (χ1) is 45.7. The van der Waals surface area contributed by atoms with Crippen molar-refractivity contribution >= 4 is 11.9 Å². The van der Waals surface area contributed by atoms with Crippen LogP contribution in [0.25, 0.3) is 0 Å². The highest BCUT2D eigenvalue weighted by molar-refractivity contribution is 5.80. The third-order valence-electron chi connectivity index (χ3n) is 18.3. The Morgan fingerprint density at radius 1 is 0.430 bits per heavy atom. The molecular weight excluding hydrogens is 1160 g/mol. The maximum Gasteiger partial charge on any atom is 0.306 e. The Morgan fingerprint density at radius 2 is 0.774 bits per heavy atom. The third kappa shape index (κ3) is 55.5. The van der Waals surface area contributed by atoms with Gasteiger partial charge in [0.1, 0.15) is 24.4 Å². The summed E-state index contributed by atoms with van der Waals surface area (Å²) in [4.78, 5) is 26.8. The van der Waals surface area contributed by atoms with Crippen LogP contribution >= 0.6 is 0 Å². The number of unbranched alkanes of at least 4 members (excludes halogenated alkanes) is 42. The Labute approximate surface area is 572 Å². The van der Waals surface area contributed by atoms with Crippen LogP contribution in [0, 0.1) is 0 Å². The van der Waals surface area contributed by atoms with Crippen LogP contribution < -0.4 is 5.32 Å². The molecule has 1 rings (SSSR count). The average molecular weight is 1310 g/mol. The molecule has 0 aliphatic carbocycles. The molecule has 8 unspecified atom stereocenters. The van der Waals surface area contributed by atoms with Crippen LogP contribution in [0.3, 0.4) is 0 Å². The molecule has 1 aliphatic rings. The molecule has 0 saturated carbocycles. The number of ether oxygens (including phenoxy) is 3. The van der Waals surface area contributed by atoms with E-state index in [4.69, 9.17) is 14.2 Å². The summed E-state index contributed by atoms with van der Waals surface area (Å²) in [5.41, 5.74) is 0. The number of aliphatic hydroxyl groups excluding tert-OH is 5. The van der Waals surface area contributed by atoms with Gasteiger partial charge in [0.25, 0.3) is 0 Å². The summed E-state index contributed by atoms with van der Waals surface area (Å²) in [5.74, 6) is -1.19. The lowest BCUT2D eigenvalue weighted by Gasteiger charge is -2.41. The third-order valence-corrected chi connectivity index (χ3v) is 18.3. The van der Waals surface area contributed by atoms with Gasteiger partial charge < -0.3 is 45.1 Å². The minimum absolute atomic E-state index is 0.125. The molecule has 6 N–H and O–H groups in total. The zero-order chi connectivity index (χ0) is 67.4. The normalized spacial score (nSPS) is 18.3. The van der Waals surface area contributed by atoms with Crippen LogP contribution in [0.5, 0.6) is 0 Å². The molecule has 1 aliphatic heterocycles. The number of amides is 1. The Hall–Kier alpha value is -3.16. The zero-order valence-corrected chi connectivity index (χ0v) is 60.4. The van der Waals surface area contributed by atoms with Crippen molar-refractivity contribution in [2.24, 2.45) is 0 Å². The first-order valence-electron chi connectivity index (χ1n) is 39.4. The molecule has 11 heteroatoms. The van der Waals surface area contributed by atoms with Gasteiger partial charge in [0, 0.05) is 6.42 Å². The second-order valence-corrected chi connectivity index (χ2v) is 27.1. The van der Waals surface area contributed by atoms with Gasteiger partial charge in [-0.3, -0.25) is 9.59 Å². The van der Waals surface area contributed by atoms with E-state index >= 15 is 0 Å². The van der Waals surface area contributed by atoms with Gasteiger partial charge >= 0.3 is 5.97 Å². The number of hydrogen-bond donors (Lipinski definition) is 6. The average Bonchev–Trinajstić information content (AvgIpc) is 0.910. The van der Waals surface area contributed by atoms with E-state index in [0.717, 1.165) is 116 Å². The summed E-state index contributed by atoms with van der Waals surface area (Å²) in [6.45, 7) is 5.73. The summed E-state index contributed by atoms with van der Waals surface area (Å²) in [6.07, 6.45) is 82.0. The smallest absolute Gasteiger partial charge is 0.306 e. The number of carbonyl (C=O) groups is 2. The standard InChI is InChI=1S/C82H147NO10/c1-4-7-10-13-16-19-22-25-27-29-31-33-35-37-39-40-42-44-46-48-51-54-57-60-63-66-69-75(86)81(90)83-73(74(85)68-65-62-59-56-53-50-24-21-18-15-12-9-6-3)72-91-82-80(79(89)78(88)76(71-84)92-82)93-77(87)70-67-64-61-58-55-52-49-47-45-43-41-38-36-34-32-30-28-26-23-20-17-14-11-8-5-2/h7,10,16,19,25,27,31,33,37,39,42,44,65,68,73-76,78-80,82,84-86,88-89H,4-6,8-9,11-15,17-18,20-24,26,28-30,32,34-36,38,40-41,43,45-64,66-67,69-72H2,1-3H3,(H,83,90)/b10-7-,19-16-,27-25-,33-31-,39-37-,44-42-,68-65+. The van der Waals surface area contributed by atoms with Crippen LogP contribution in [-0.4, -0.2) is 99.6 Å². The van der Waals surface area contributed by atoms with Gasteiger partial charge in [-0.15, -0.1) is 0 Å². The van der Waals surface area contributed by atoms with E-state index in [2.05, 4.69) is 99.0 Å². The molecule has 1 saturated heterocycles. The van der Waals surface area contributed by atoms with Gasteiger partial charge in [-0.2, -0.15) is 0 Å². The van der Waals surface area contributed by atoms with Crippen LogP contribution in [0.1, 0.15) is 361 Å². The molecule has 0 spiro atoms. The molecule has 1 fully saturated rings. The maximum absolute atomic E-state index is 13.5. The van der Waals surface area contributed by atoms with E-state index in [1.54, 1.807) is 6.08 Å². The van der Waals surface area contributed by atoms with E-state index in [-0.39, 0.29) is 19.4 Å². The van der Waals surface area contributed by atoms with Crippen LogP contribution in [-0.2, 0) is 23.8 Å². The lowest BCUT2D eigenvalue weighted by atomic mass is 9.99. The monoisotopic (exact) mass is 1310 g/mol. The molecule has 1 amide bonds. The Bertz CT molecular complexity index is 1840. The number of allylic oxidation sites excluding steroid dienone is 13. The van der Waals surface area contributed by atoms with Crippen molar-refractivity contribution in [1.29, 1.82) is 0 Å². The largest absolute Gasteiger partial charge is 0.454 e. The molecule has 0 radical (unpaired) electrons. The number of rotatable bonds is 68. The SMILES string of the molecule is CC/C=C\C/C=C\C/C=C\C/C=C\C/C=C\C/C=C\CCCCCCCCCC(O)C(=O)NC(COC1OC(CO)C(O)C(O)C1OC(=O)CCCCCCCCCCCCCCCCCCCCCCCCCCC)C(O)/C=C/CCCCCCCCCCCCC. The predicted octanol–water partition coefficient (Wildman–Crippen LogP) is 21.2. The van der Waals surface area contributed by atoms with E-state index < -0.39 is 67.4 Å². The quantitative estimate of drug-likeness (QED) is 0.0195. The van der Waals surface area contributed by atoms with Gasteiger partial charge in [-0.1, -0.05) is 363 Å². The summed E-state index contributed by atoms with van der Waals surface area (Å²) in [5, 5.41) is 57.4. The Balaban J connectivity index is 2.53. The van der Waals surface area contributed by atoms with Crippen LogP contribution in [0.15, 0.2) is 85.1 Å². The van der Waals surface area contributed by atoms with Gasteiger partial charge in [-0.05, 0) is 77.0 Å². The molecule has 11 nitrogen and oxygen atoms in total. The fourth-order valence-corrected chi connectivity index (χ4v) is 12.2. The fourth-order valence-electron chi connectivity index (χ4n) is 12.2. The van der Waals surface area contributed by atoms with Crippen molar-refractivity contribution < 1.29 is 49.3 Å². The highest BCUT2D eigenvalue weighted by atomic mass is 16.7. The molecule has 8 atom stereocenters. The summed E-state index contributed by atoms with van der Waals surface area (Å²) >= 11 is 0. The second kappa shape index (κ2) is 68.8. The van der Waals surface area contributed by atoms with Crippen molar-refractivity contribution in [2.45, 2.75) is 410 Å². The first-order valence-corrected chi connectivity index (χ1v) is 39.4. The zero-order valence-electron chi connectivity index (χ0n) is 60.4. The lowest BCUT2D eigenvalue weighted by Crippen LogP contribution is -2.61. The fraction of sp³-hybridized carbons (Fsp3) is 0.805. The van der Waals surface area contributed by atoms with Crippen molar-refractivity contribution in [3.05, 3.63) is 85.1 Å². The minimum Gasteiger partial charge on any atom is -0.454 e. The molecule has 0 bridgehead atoms. The molecule has 93 heavy (non-hydrogen) atoms. The van der Waals surface area contributed by atoms with Crippen LogP contribution in [0.4, 0.5) is 0 Å². The van der Waals surface area contributed by atoms with Crippen molar-refractivity contribution in [3.8, 4) is 0 Å². The predicted molar refractivity (Wildman–Crippen MR) is 393 cm³/mol. The number of esters is 1. The van der Waals surface area contributed by atoms with E-state index in [1.807, 2.05) is 6.08 Å². The number of aliphatic hydroxyl groups is 5. The Kier molecular flexibility index (Phi) is 65.0. The van der Waals surface area contributed by atoms with Crippen molar-refractivity contribution in [1.82, 2.24) is 5.32 Å². The summed E-state index contributed by atoms with van der Waals surface area (Å²) < 4.78 is 17.8. The van der Waals surface area contributed by atoms with Crippen molar-refractivity contribution in [3.63, 3.8) is 0 Å². The number of nitrogens with one attached hydrogen (secondary N) is 1. The molecule has 0 aromatic carbocycles. The minimum atomic E-state index is -1.62. The molecule has 0 aromatic heterocycles. The van der Waals surface area contributed by atoms with Crippen molar-refractivity contribution in [2.75, 3.05) is 13.2 Å². The summed E-state index contributed by atoms with van der Waals surface area (Å²) in [7, 11) is 0. The van der Waals surface area contributed by atoms with Gasteiger partial charge in [0.2, 0.25) is 5.91 Å². The number of carbonyl (C=O) groups excluding carboxylic acids is 2. The second-order valence-electron chi connectivity index (χ2n) is 27.1. The van der Waals surface area contributed by atoms with Crippen LogP contribution in [0.2, 0.25) is 0 Å².